The normalized spacial score (nSPS) is 11.1. The summed E-state index contributed by atoms with van der Waals surface area (Å²) in [4.78, 5) is 16.5. The van der Waals surface area contributed by atoms with Crippen LogP contribution in [-0.4, -0.2) is 25.2 Å². The van der Waals surface area contributed by atoms with Gasteiger partial charge in [-0.15, -0.1) is 0 Å². The minimum absolute atomic E-state index is 0.102. The maximum absolute atomic E-state index is 11.8. The zero-order valence-corrected chi connectivity index (χ0v) is 19.6. The van der Waals surface area contributed by atoms with E-state index in [9.17, 15) is 4.79 Å². The Balaban J connectivity index is 1.53. The number of aromatic nitrogens is 4. The number of para-hydroxylation sites is 1. The lowest BCUT2D eigenvalue weighted by atomic mass is 10.1. The van der Waals surface area contributed by atoms with Gasteiger partial charge in [0, 0.05) is 40.3 Å². The van der Waals surface area contributed by atoms with E-state index in [0.717, 1.165) is 16.8 Å². The number of nitrogens with zero attached hydrogens (tertiary/aromatic N) is 4. The van der Waals surface area contributed by atoms with Gasteiger partial charge in [0.1, 0.15) is 23.6 Å². The van der Waals surface area contributed by atoms with Crippen molar-refractivity contribution >= 4 is 40.0 Å². The molecule has 0 spiro atoms. The number of halogens is 2. The fourth-order valence-electron chi connectivity index (χ4n) is 3.89. The third-order valence-electron chi connectivity index (χ3n) is 5.46. The van der Waals surface area contributed by atoms with Crippen molar-refractivity contribution in [2.75, 3.05) is 0 Å². The van der Waals surface area contributed by atoms with Crippen LogP contribution in [0.3, 0.4) is 0 Å². The molecule has 0 radical (unpaired) electrons. The first kappa shape index (κ1) is 22.0. The lowest BCUT2D eigenvalue weighted by Crippen LogP contribution is -2.16. The molecule has 5 rings (SSSR count). The molecule has 1 amide bonds. The van der Waals surface area contributed by atoms with Crippen LogP contribution in [0.25, 0.3) is 22.3 Å². The Kier molecular flexibility index (Phi) is 5.73. The summed E-state index contributed by atoms with van der Waals surface area (Å²) in [6.07, 6.45) is 5.33. The smallest absolute Gasteiger partial charge is 0.265 e. The molecule has 9 heteroatoms. The predicted molar refractivity (Wildman–Crippen MR) is 132 cm³/mol. The molecule has 170 valence electrons. The van der Waals surface area contributed by atoms with Gasteiger partial charge in [-0.05, 0) is 49.4 Å². The van der Waals surface area contributed by atoms with Crippen molar-refractivity contribution in [1.29, 1.82) is 0 Å². The van der Waals surface area contributed by atoms with Crippen LogP contribution in [0.1, 0.15) is 21.7 Å². The van der Waals surface area contributed by atoms with E-state index in [4.69, 9.17) is 38.7 Å². The van der Waals surface area contributed by atoms with Crippen LogP contribution in [0, 0.1) is 6.92 Å². The van der Waals surface area contributed by atoms with Crippen molar-refractivity contribution in [3.05, 3.63) is 100 Å². The Morgan fingerprint density at radius 3 is 2.68 bits per heavy atom. The van der Waals surface area contributed by atoms with Crippen molar-refractivity contribution in [3.63, 3.8) is 0 Å². The predicted octanol–water partition coefficient (Wildman–Crippen LogP) is 5.50. The number of rotatable bonds is 6. The molecule has 2 N–H and O–H groups in total. The number of pyridine rings is 1. The third kappa shape index (κ3) is 3.89. The Labute approximate surface area is 205 Å². The van der Waals surface area contributed by atoms with Crippen molar-refractivity contribution in [2.45, 2.75) is 13.5 Å². The summed E-state index contributed by atoms with van der Waals surface area (Å²) in [6.45, 7) is 2.03. The molecule has 0 unspecified atom stereocenters. The lowest BCUT2D eigenvalue weighted by molar-refractivity contribution is 0.0994. The van der Waals surface area contributed by atoms with Crippen molar-refractivity contribution < 1.29 is 9.53 Å². The van der Waals surface area contributed by atoms with E-state index in [2.05, 4.69) is 5.10 Å². The molecule has 0 saturated carbocycles. The highest BCUT2D eigenvalue weighted by atomic mass is 35.5. The van der Waals surface area contributed by atoms with Gasteiger partial charge < -0.3 is 15.0 Å². The van der Waals surface area contributed by atoms with Crippen LogP contribution >= 0.6 is 23.2 Å². The number of hydrogen-bond acceptors (Lipinski definition) is 4. The van der Waals surface area contributed by atoms with Crippen molar-refractivity contribution in [3.8, 4) is 17.1 Å². The van der Waals surface area contributed by atoms with E-state index in [0.29, 0.717) is 38.3 Å². The average Bonchev–Trinajstić information content (AvgIpc) is 3.51. The van der Waals surface area contributed by atoms with Gasteiger partial charge in [0.25, 0.3) is 5.91 Å². The molecule has 0 aliphatic heterocycles. The van der Waals surface area contributed by atoms with Crippen LogP contribution in [0.15, 0.2) is 73.2 Å². The van der Waals surface area contributed by atoms with Gasteiger partial charge in [-0.1, -0.05) is 35.3 Å². The average molecular weight is 492 g/mol. The van der Waals surface area contributed by atoms with E-state index in [1.54, 1.807) is 45.9 Å². The molecule has 0 aliphatic rings. The van der Waals surface area contributed by atoms with Crippen molar-refractivity contribution in [2.24, 2.45) is 5.73 Å². The Morgan fingerprint density at radius 2 is 1.91 bits per heavy atom. The van der Waals surface area contributed by atoms with Crippen LogP contribution in [0.5, 0.6) is 5.75 Å². The van der Waals surface area contributed by atoms with Gasteiger partial charge >= 0.3 is 0 Å². The first-order chi connectivity index (χ1) is 16.4. The van der Waals surface area contributed by atoms with Gasteiger partial charge in [-0.2, -0.15) is 5.10 Å². The standard InChI is InChI=1S/C25H19Cl2N5O2/c1-15-13-21(32-12-4-10-29-32)16-5-2-7-22(24(16)30-15)34-14-17-18(26)8-9-19(23(17)27)31-11-3-6-20(31)25(28)33/h2-13H,14H2,1H3,(H2,28,33). The number of carbonyl (C=O) groups is 1. The number of amides is 1. The first-order valence-electron chi connectivity index (χ1n) is 10.4. The zero-order chi connectivity index (χ0) is 23.8. The van der Waals surface area contributed by atoms with Crippen LogP contribution in [0.4, 0.5) is 0 Å². The minimum atomic E-state index is -0.556. The molecule has 34 heavy (non-hydrogen) atoms. The molecule has 3 aromatic heterocycles. The molecule has 3 heterocycles. The second-order valence-electron chi connectivity index (χ2n) is 7.66. The first-order valence-corrected chi connectivity index (χ1v) is 11.2. The maximum Gasteiger partial charge on any atom is 0.265 e. The molecule has 0 atom stereocenters. The molecular formula is C25H19Cl2N5O2. The number of fused-ring (bicyclic) bond motifs is 1. The zero-order valence-electron chi connectivity index (χ0n) is 18.1. The summed E-state index contributed by atoms with van der Waals surface area (Å²) < 4.78 is 9.61. The van der Waals surface area contributed by atoms with Crippen LogP contribution in [0.2, 0.25) is 10.0 Å². The number of nitrogens with two attached hydrogens (primary N) is 1. The Bertz CT molecular complexity index is 1530. The molecule has 5 aromatic rings. The van der Waals surface area contributed by atoms with Gasteiger partial charge in [0.2, 0.25) is 0 Å². The summed E-state index contributed by atoms with van der Waals surface area (Å²) in [5.41, 5.74) is 9.42. The molecular weight excluding hydrogens is 473 g/mol. The second-order valence-corrected chi connectivity index (χ2v) is 8.45. The summed E-state index contributed by atoms with van der Waals surface area (Å²) >= 11 is 13.2. The van der Waals surface area contributed by atoms with E-state index < -0.39 is 5.91 Å². The molecule has 0 bridgehead atoms. The topological polar surface area (TPSA) is 88.0 Å². The van der Waals surface area contributed by atoms with Crippen LogP contribution in [-0.2, 0) is 6.61 Å². The molecule has 0 aliphatic carbocycles. The second kappa shape index (κ2) is 8.85. The summed E-state index contributed by atoms with van der Waals surface area (Å²) in [7, 11) is 0. The van der Waals surface area contributed by atoms with Gasteiger partial charge in [-0.3, -0.25) is 4.79 Å². The number of ether oxygens (including phenoxy) is 1. The summed E-state index contributed by atoms with van der Waals surface area (Å²) in [5.74, 6) is 0.0323. The van der Waals surface area contributed by atoms with Gasteiger partial charge in [-0.25, -0.2) is 9.67 Å². The largest absolute Gasteiger partial charge is 0.487 e. The summed E-state index contributed by atoms with van der Waals surface area (Å²) in [6, 6.07) is 16.4. The monoisotopic (exact) mass is 491 g/mol. The van der Waals surface area contributed by atoms with Gasteiger partial charge in [0.05, 0.1) is 16.4 Å². The number of primary amides is 1. The van der Waals surface area contributed by atoms with E-state index >= 15 is 0 Å². The van der Waals surface area contributed by atoms with Crippen LogP contribution < -0.4 is 10.5 Å². The minimum Gasteiger partial charge on any atom is -0.487 e. The number of carbonyl (C=O) groups excluding carboxylic acids is 1. The fraction of sp³-hybridized carbons (Fsp3) is 0.0800. The molecule has 0 fully saturated rings. The fourth-order valence-corrected chi connectivity index (χ4v) is 4.46. The summed E-state index contributed by atoms with van der Waals surface area (Å²) in [5, 5.41) is 6.07. The maximum atomic E-state index is 11.8. The number of aryl methyl sites for hydroxylation is 1. The number of hydrogen-bond donors (Lipinski definition) is 1. The molecule has 2 aromatic carbocycles. The molecule has 7 nitrogen and oxygen atoms in total. The lowest BCUT2D eigenvalue weighted by Gasteiger charge is -2.16. The number of benzene rings is 2. The highest BCUT2D eigenvalue weighted by Crippen LogP contribution is 2.34. The Hall–Kier alpha value is -3.81. The van der Waals surface area contributed by atoms with Crippen molar-refractivity contribution in [1.82, 2.24) is 19.3 Å². The quantitative estimate of drug-likeness (QED) is 0.339. The Morgan fingerprint density at radius 1 is 1.06 bits per heavy atom. The van der Waals surface area contributed by atoms with Gasteiger partial charge in [0.15, 0.2) is 0 Å². The van der Waals surface area contributed by atoms with E-state index in [1.165, 1.54) is 0 Å². The highest BCUT2D eigenvalue weighted by molar-refractivity contribution is 6.37. The highest BCUT2D eigenvalue weighted by Gasteiger charge is 2.17. The van der Waals surface area contributed by atoms with E-state index in [-0.39, 0.29) is 6.61 Å². The third-order valence-corrected chi connectivity index (χ3v) is 6.23. The SMILES string of the molecule is Cc1cc(-n2cccn2)c2cccc(OCc3c(Cl)ccc(-n4cccc4C(N)=O)c3Cl)c2n1. The van der Waals surface area contributed by atoms with E-state index in [1.807, 2.05) is 43.5 Å². The molecule has 0 saturated heterocycles.